The normalized spacial score (nSPS) is 16.2. The molecule has 1 saturated heterocycles. The molecule has 0 aromatic heterocycles. The molecule has 1 atom stereocenters. The van der Waals surface area contributed by atoms with Crippen molar-refractivity contribution < 1.29 is 18.7 Å². The second-order valence-corrected chi connectivity index (χ2v) is 8.72. The van der Waals surface area contributed by atoms with Crippen LogP contribution >= 0.6 is 0 Å². The van der Waals surface area contributed by atoms with Gasteiger partial charge >= 0.3 is 6.03 Å². The zero-order valence-corrected chi connectivity index (χ0v) is 19.0. The second kappa shape index (κ2) is 11.0. The van der Waals surface area contributed by atoms with E-state index in [-0.39, 0.29) is 30.2 Å². The molecule has 6 nitrogen and oxygen atoms in total. The number of likely N-dealkylation sites (tertiary alicyclic amines) is 1. The molecule has 2 aromatic carbocycles. The van der Waals surface area contributed by atoms with Crippen LogP contribution in [0.2, 0.25) is 0 Å². The maximum absolute atomic E-state index is 13.3. The van der Waals surface area contributed by atoms with Crippen molar-refractivity contribution in [2.45, 2.75) is 45.8 Å². The molecule has 2 aromatic rings. The number of benzene rings is 2. The lowest BCUT2D eigenvalue weighted by Crippen LogP contribution is -2.51. The van der Waals surface area contributed by atoms with Crippen molar-refractivity contribution in [2.24, 2.45) is 5.92 Å². The van der Waals surface area contributed by atoms with E-state index in [1.807, 2.05) is 24.3 Å². The van der Waals surface area contributed by atoms with Gasteiger partial charge in [0, 0.05) is 39.1 Å². The number of ether oxygens (including phenoxy) is 1. The Kier molecular flexibility index (Phi) is 8.09. The van der Waals surface area contributed by atoms with Gasteiger partial charge in [0.1, 0.15) is 11.6 Å². The highest BCUT2D eigenvalue weighted by molar-refractivity contribution is 5.80. The Bertz CT molecular complexity index is 900. The quantitative estimate of drug-likeness (QED) is 0.668. The van der Waals surface area contributed by atoms with Crippen LogP contribution < -0.4 is 10.1 Å². The van der Waals surface area contributed by atoms with E-state index in [1.165, 1.54) is 12.1 Å². The van der Waals surface area contributed by atoms with Crippen LogP contribution in [-0.4, -0.2) is 48.0 Å². The number of amides is 3. The Morgan fingerprint density at radius 2 is 1.81 bits per heavy atom. The van der Waals surface area contributed by atoms with Crippen LogP contribution in [-0.2, 0) is 17.9 Å². The second-order valence-electron chi connectivity index (χ2n) is 8.72. The molecule has 1 fully saturated rings. The molecular formula is C25H32FN3O3. The summed E-state index contributed by atoms with van der Waals surface area (Å²) in [6, 6.07) is 13.3. The van der Waals surface area contributed by atoms with Crippen molar-refractivity contribution in [3.05, 3.63) is 65.5 Å². The first-order valence-electron chi connectivity index (χ1n) is 11.1. The minimum Gasteiger partial charge on any atom is -0.493 e. The van der Waals surface area contributed by atoms with Crippen molar-refractivity contribution in [1.82, 2.24) is 15.1 Å². The fourth-order valence-electron chi connectivity index (χ4n) is 3.59. The lowest BCUT2D eigenvalue weighted by Gasteiger charge is -2.37. The Balaban J connectivity index is 1.65. The predicted molar refractivity (Wildman–Crippen MR) is 122 cm³/mol. The average Bonchev–Trinajstić information content (AvgIpc) is 2.78. The van der Waals surface area contributed by atoms with E-state index >= 15 is 0 Å². The van der Waals surface area contributed by atoms with E-state index in [0.717, 1.165) is 16.9 Å². The number of rotatable bonds is 8. The summed E-state index contributed by atoms with van der Waals surface area (Å²) in [6.07, 6.45) is 0.992. The number of halogens is 1. The van der Waals surface area contributed by atoms with Crippen LogP contribution in [0.1, 0.15) is 37.8 Å². The van der Waals surface area contributed by atoms with E-state index in [9.17, 15) is 14.0 Å². The smallest absolute Gasteiger partial charge is 0.318 e. The highest BCUT2D eigenvalue weighted by Gasteiger charge is 2.31. The Labute approximate surface area is 189 Å². The summed E-state index contributed by atoms with van der Waals surface area (Å²) in [5.74, 6) is 0.958. The summed E-state index contributed by atoms with van der Waals surface area (Å²) in [6.45, 7) is 6.14. The van der Waals surface area contributed by atoms with Gasteiger partial charge in [-0.1, -0.05) is 38.1 Å². The molecule has 1 heterocycles. The first kappa shape index (κ1) is 23.6. The Hall–Kier alpha value is -3.09. The molecular weight excluding hydrogens is 409 g/mol. The van der Waals surface area contributed by atoms with Crippen molar-refractivity contribution in [3.8, 4) is 5.75 Å². The van der Waals surface area contributed by atoms with Gasteiger partial charge in [0.25, 0.3) is 0 Å². The topological polar surface area (TPSA) is 61.9 Å². The van der Waals surface area contributed by atoms with Crippen LogP contribution in [0.3, 0.4) is 0 Å². The van der Waals surface area contributed by atoms with E-state index in [0.29, 0.717) is 38.6 Å². The monoisotopic (exact) mass is 441 g/mol. The average molecular weight is 442 g/mol. The summed E-state index contributed by atoms with van der Waals surface area (Å²) in [7, 11) is 1.78. The summed E-state index contributed by atoms with van der Waals surface area (Å²) in [4.78, 5) is 28.7. The standard InChI is InChI=1S/C25H32FN3O3/c1-18(2)17-32-23-10-6-19(7-11-23)15-27-25(31)29(16-20-4-8-21(26)9-5-20)22-12-13-28(3)24(30)14-22/h4-11,18,22H,12-17H2,1-3H3,(H,27,31). The molecule has 0 saturated carbocycles. The molecule has 0 radical (unpaired) electrons. The van der Waals surface area contributed by atoms with Gasteiger partial charge < -0.3 is 19.9 Å². The maximum Gasteiger partial charge on any atom is 0.318 e. The number of piperidine rings is 1. The summed E-state index contributed by atoms with van der Waals surface area (Å²) in [5.41, 5.74) is 1.77. The molecule has 1 N–H and O–H groups in total. The lowest BCUT2D eigenvalue weighted by molar-refractivity contribution is -0.133. The number of nitrogens with one attached hydrogen (secondary N) is 1. The van der Waals surface area contributed by atoms with Gasteiger partial charge in [0.15, 0.2) is 0 Å². The van der Waals surface area contributed by atoms with E-state index < -0.39 is 0 Å². The SMILES string of the molecule is CC(C)COc1ccc(CNC(=O)N(Cc2ccc(F)cc2)C2CCN(C)C(=O)C2)cc1. The van der Waals surface area contributed by atoms with Gasteiger partial charge in [-0.05, 0) is 47.7 Å². The molecule has 3 amide bonds. The number of carbonyl (C=O) groups excluding carboxylic acids is 2. The van der Waals surface area contributed by atoms with Crippen LogP contribution in [0.25, 0.3) is 0 Å². The molecule has 3 rings (SSSR count). The van der Waals surface area contributed by atoms with Gasteiger partial charge in [0.2, 0.25) is 5.91 Å². The molecule has 1 aliphatic rings. The van der Waals surface area contributed by atoms with Crippen molar-refractivity contribution >= 4 is 11.9 Å². The zero-order valence-electron chi connectivity index (χ0n) is 19.0. The third kappa shape index (κ3) is 6.70. The molecule has 0 aliphatic carbocycles. The fraction of sp³-hybridized carbons (Fsp3) is 0.440. The van der Waals surface area contributed by atoms with E-state index in [1.54, 1.807) is 29.0 Å². The first-order valence-corrected chi connectivity index (χ1v) is 11.1. The first-order chi connectivity index (χ1) is 15.3. The lowest BCUT2D eigenvalue weighted by atomic mass is 10.0. The molecule has 1 aliphatic heterocycles. The molecule has 0 spiro atoms. The van der Waals surface area contributed by atoms with Gasteiger partial charge in [-0.15, -0.1) is 0 Å². The highest BCUT2D eigenvalue weighted by Crippen LogP contribution is 2.20. The summed E-state index contributed by atoms with van der Waals surface area (Å²) >= 11 is 0. The molecule has 1 unspecified atom stereocenters. The van der Waals surface area contributed by atoms with Gasteiger partial charge in [-0.2, -0.15) is 0 Å². The Morgan fingerprint density at radius 1 is 1.16 bits per heavy atom. The summed E-state index contributed by atoms with van der Waals surface area (Å²) in [5, 5.41) is 2.97. The van der Waals surface area contributed by atoms with Gasteiger partial charge in [-0.3, -0.25) is 4.79 Å². The Morgan fingerprint density at radius 3 is 2.44 bits per heavy atom. The molecule has 0 bridgehead atoms. The summed E-state index contributed by atoms with van der Waals surface area (Å²) < 4.78 is 19.0. The highest BCUT2D eigenvalue weighted by atomic mass is 19.1. The number of carbonyl (C=O) groups is 2. The van der Waals surface area contributed by atoms with Crippen LogP contribution in [0.15, 0.2) is 48.5 Å². The largest absolute Gasteiger partial charge is 0.493 e. The minimum absolute atomic E-state index is 0.0233. The third-order valence-electron chi connectivity index (χ3n) is 5.55. The van der Waals surface area contributed by atoms with Crippen LogP contribution in [0, 0.1) is 11.7 Å². The van der Waals surface area contributed by atoms with Gasteiger partial charge in [-0.25, -0.2) is 9.18 Å². The van der Waals surface area contributed by atoms with Crippen LogP contribution in [0.5, 0.6) is 5.75 Å². The van der Waals surface area contributed by atoms with Crippen molar-refractivity contribution in [1.29, 1.82) is 0 Å². The zero-order chi connectivity index (χ0) is 23.1. The predicted octanol–water partition coefficient (Wildman–Crippen LogP) is 4.19. The minimum atomic E-state index is -0.319. The molecule has 7 heteroatoms. The van der Waals surface area contributed by atoms with E-state index in [4.69, 9.17) is 4.74 Å². The van der Waals surface area contributed by atoms with Gasteiger partial charge in [0.05, 0.1) is 6.61 Å². The van der Waals surface area contributed by atoms with E-state index in [2.05, 4.69) is 19.2 Å². The molecule has 32 heavy (non-hydrogen) atoms. The number of urea groups is 1. The maximum atomic E-state index is 13.3. The van der Waals surface area contributed by atoms with Crippen molar-refractivity contribution in [2.75, 3.05) is 20.2 Å². The molecule has 172 valence electrons. The fourth-order valence-corrected chi connectivity index (χ4v) is 3.59. The van der Waals surface area contributed by atoms with Crippen molar-refractivity contribution in [3.63, 3.8) is 0 Å². The van der Waals surface area contributed by atoms with Crippen LogP contribution in [0.4, 0.5) is 9.18 Å². The number of nitrogens with zero attached hydrogens (tertiary/aromatic N) is 2. The third-order valence-corrected chi connectivity index (χ3v) is 5.55. The number of hydrogen-bond acceptors (Lipinski definition) is 3. The number of hydrogen-bond donors (Lipinski definition) is 1.